The first-order valence-electron chi connectivity index (χ1n) is 11.0. The van der Waals surface area contributed by atoms with Crippen LogP contribution in [-0.2, 0) is 0 Å². The molecule has 1 amide bonds. The SMILES string of the molecule is O=C(Nc1cc(-c2ccccc2)ccc1-c1noc(=O)[nH]1)c1ccnc(N2CCCCC2)c1. The zero-order chi connectivity index (χ0) is 22.6. The normalized spacial score (nSPS) is 13.6. The topological polar surface area (TPSA) is 104 Å². The van der Waals surface area contributed by atoms with E-state index in [4.69, 9.17) is 0 Å². The van der Waals surface area contributed by atoms with Crippen LogP contribution in [0.3, 0.4) is 0 Å². The number of anilines is 2. The minimum absolute atomic E-state index is 0.249. The van der Waals surface area contributed by atoms with Crippen LogP contribution >= 0.6 is 0 Å². The lowest BCUT2D eigenvalue weighted by atomic mass is 10.0. The molecule has 8 heteroatoms. The monoisotopic (exact) mass is 441 g/mol. The van der Waals surface area contributed by atoms with Crippen molar-refractivity contribution in [1.29, 1.82) is 0 Å². The number of hydrogen-bond acceptors (Lipinski definition) is 6. The van der Waals surface area contributed by atoms with Gasteiger partial charge in [0.2, 0.25) is 0 Å². The van der Waals surface area contributed by atoms with Crippen LogP contribution in [0.25, 0.3) is 22.5 Å². The Balaban J connectivity index is 1.48. The average Bonchev–Trinajstić information content (AvgIpc) is 3.31. The van der Waals surface area contributed by atoms with Gasteiger partial charge in [0.05, 0.1) is 5.69 Å². The number of nitrogens with one attached hydrogen (secondary N) is 2. The van der Waals surface area contributed by atoms with Gasteiger partial charge in [-0.25, -0.2) is 9.78 Å². The van der Waals surface area contributed by atoms with Crippen molar-refractivity contribution in [1.82, 2.24) is 15.1 Å². The summed E-state index contributed by atoms with van der Waals surface area (Å²) >= 11 is 0. The molecule has 1 fully saturated rings. The van der Waals surface area contributed by atoms with Crippen molar-refractivity contribution in [3.63, 3.8) is 0 Å². The maximum atomic E-state index is 13.2. The van der Waals surface area contributed by atoms with Crippen LogP contribution in [0.4, 0.5) is 11.5 Å². The predicted molar refractivity (Wildman–Crippen MR) is 126 cm³/mol. The highest BCUT2D eigenvalue weighted by Crippen LogP contribution is 2.31. The number of carbonyl (C=O) groups is 1. The van der Waals surface area contributed by atoms with Gasteiger partial charge in [0.15, 0.2) is 5.82 Å². The number of carbonyl (C=O) groups excluding carboxylic acids is 1. The van der Waals surface area contributed by atoms with Gasteiger partial charge < -0.3 is 10.2 Å². The Kier molecular flexibility index (Phi) is 5.72. The van der Waals surface area contributed by atoms with E-state index in [1.54, 1.807) is 18.3 Å². The smallest absolute Gasteiger partial charge is 0.357 e. The largest absolute Gasteiger partial charge is 0.439 e. The van der Waals surface area contributed by atoms with Crippen LogP contribution in [0.5, 0.6) is 0 Å². The van der Waals surface area contributed by atoms with Gasteiger partial charge in [-0.1, -0.05) is 41.6 Å². The Hall–Kier alpha value is -4.20. The Morgan fingerprint density at radius 1 is 0.970 bits per heavy atom. The molecular formula is C25H23N5O3. The Bertz CT molecular complexity index is 1320. The summed E-state index contributed by atoms with van der Waals surface area (Å²) in [5.74, 6) is 0.128. The maximum Gasteiger partial charge on any atom is 0.439 e. The van der Waals surface area contributed by atoms with Gasteiger partial charge in [-0.2, -0.15) is 0 Å². The van der Waals surface area contributed by atoms with E-state index in [-0.39, 0.29) is 11.7 Å². The summed E-state index contributed by atoms with van der Waals surface area (Å²) in [5.41, 5.74) is 3.51. The fourth-order valence-corrected chi connectivity index (χ4v) is 4.06. The lowest BCUT2D eigenvalue weighted by molar-refractivity contribution is 0.102. The molecule has 3 heterocycles. The van der Waals surface area contributed by atoms with Crippen molar-refractivity contribution in [3.05, 3.63) is 83.0 Å². The van der Waals surface area contributed by atoms with Crippen LogP contribution in [0, 0.1) is 0 Å². The van der Waals surface area contributed by atoms with Crippen molar-refractivity contribution in [2.45, 2.75) is 19.3 Å². The van der Waals surface area contributed by atoms with Crippen molar-refractivity contribution >= 4 is 17.4 Å². The third kappa shape index (κ3) is 4.55. The highest BCUT2D eigenvalue weighted by Gasteiger charge is 2.17. The van der Waals surface area contributed by atoms with Gasteiger partial charge in [0.25, 0.3) is 5.91 Å². The van der Waals surface area contributed by atoms with Crippen molar-refractivity contribution in [3.8, 4) is 22.5 Å². The average molecular weight is 441 g/mol. The molecule has 0 aliphatic carbocycles. The molecule has 8 nitrogen and oxygen atoms in total. The summed E-state index contributed by atoms with van der Waals surface area (Å²) in [5, 5.41) is 6.78. The van der Waals surface area contributed by atoms with E-state index in [2.05, 4.69) is 29.9 Å². The van der Waals surface area contributed by atoms with E-state index in [0.717, 1.165) is 42.9 Å². The molecule has 1 saturated heterocycles. The summed E-state index contributed by atoms with van der Waals surface area (Å²) in [4.78, 5) is 33.9. The fraction of sp³-hybridized carbons (Fsp3) is 0.200. The molecule has 5 rings (SSSR count). The third-order valence-corrected chi connectivity index (χ3v) is 5.76. The minimum Gasteiger partial charge on any atom is -0.357 e. The van der Waals surface area contributed by atoms with E-state index < -0.39 is 5.76 Å². The van der Waals surface area contributed by atoms with E-state index in [1.165, 1.54) is 6.42 Å². The van der Waals surface area contributed by atoms with Crippen LogP contribution in [0.2, 0.25) is 0 Å². The highest BCUT2D eigenvalue weighted by atomic mass is 16.5. The molecule has 166 valence electrons. The van der Waals surface area contributed by atoms with Gasteiger partial charge >= 0.3 is 5.76 Å². The second-order valence-corrected chi connectivity index (χ2v) is 7.97. The molecule has 0 bridgehead atoms. The second-order valence-electron chi connectivity index (χ2n) is 7.97. The Morgan fingerprint density at radius 2 is 1.79 bits per heavy atom. The molecule has 2 aromatic carbocycles. The first kappa shape index (κ1) is 20.7. The van der Waals surface area contributed by atoms with Crippen LogP contribution in [-0.4, -0.2) is 34.1 Å². The van der Waals surface area contributed by atoms with E-state index in [0.29, 0.717) is 16.8 Å². The maximum absolute atomic E-state index is 13.2. The number of aromatic amines is 1. The standard InChI is InChI=1S/C25H23N5O3/c31-24(19-11-12-26-22(16-19)30-13-5-2-6-14-30)27-21-15-18(17-7-3-1-4-8-17)9-10-20(21)23-28-25(32)33-29-23/h1,3-4,7-12,15-16H,2,5-6,13-14H2,(H,27,31)(H,28,29,32). The summed E-state index contributed by atoms with van der Waals surface area (Å²) in [6.45, 7) is 1.89. The zero-order valence-corrected chi connectivity index (χ0v) is 18.0. The van der Waals surface area contributed by atoms with E-state index in [9.17, 15) is 9.59 Å². The molecule has 0 spiro atoms. The molecule has 33 heavy (non-hydrogen) atoms. The molecule has 2 aromatic heterocycles. The molecule has 0 radical (unpaired) electrons. The molecule has 0 saturated carbocycles. The lowest BCUT2D eigenvalue weighted by Crippen LogP contribution is -2.30. The Labute approximate surface area is 190 Å². The van der Waals surface area contributed by atoms with E-state index >= 15 is 0 Å². The number of piperidine rings is 1. The van der Waals surface area contributed by atoms with Gasteiger partial charge in [-0.3, -0.25) is 14.3 Å². The van der Waals surface area contributed by atoms with Gasteiger partial charge in [0.1, 0.15) is 5.82 Å². The lowest BCUT2D eigenvalue weighted by Gasteiger charge is -2.27. The quantitative estimate of drug-likeness (QED) is 0.478. The predicted octanol–water partition coefficient (Wildman–Crippen LogP) is 4.33. The van der Waals surface area contributed by atoms with Crippen LogP contribution in [0.1, 0.15) is 29.6 Å². The first-order valence-corrected chi connectivity index (χ1v) is 11.0. The number of amides is 1. The summed E-state index contributed by atoms with van der Waals surface area (Å²) in [6, 6.07) is 18.9. The highest BCUT2D eigenvalue weighted by molar-refractivity contribution is 6.06. The van der Waals surface area contributed by atoms with Gasteiger partial charge in [-0.15, -0.1) is 0 Å². The van der Waals surface area contributed by atoms with E-state index in [1.807, 2.05) is 48.5 Å². The number of aromatic nitrogens is 3. The number of rotatable bonds is 5. The Morgan fingerprint density at radius 3 is 2.55 bits per heavy atom. The summed E-state index contributed by atoms with van der Waals surface area (Å²) in [7, 11) is 0. The zero-order valence-electron chi connectivity index (χ0n) is 18.0. The van der Waals surface area contributed by atoms with Gasteiger partial charge in [0, 0.05) is 30.4 Å². The summed E-state index contributed by atoms with van der Waals surface area (Å²) in [6.07, 6.45) is 5.14. The van der Waals surface area contributed by atoms with Crippen LogP contribution in [0.15, 0.2) is 76.2 Å². The number of H-pyrrole nitrogens is 1. The molecular weight excluding hydrogens is 418 g/mol. The number of hydrogen-bond donors (Lipinski definition) is 2. The van der Waals surface area contributed by atoms with Crippen molar-refractivity contribution in [2.75, 3.05) is 23.3 Å². The second kappa shape index (κ2) is 9.12. The number of pyridine rings is 1. The van der Waals surface area contributed by atoms with Crippen molar-refractivity contribution in [2.24, 2.45) is 0 Å². The molecule has 0 atom stereocenters. The number of benzene rings is 2. The fourth-order valence-electron chi connectivity index (χ4n) is 4.06. The first-order chi connectivity index (χ1) is 16.2. The van der Waals surface area contributed by atoms with Crippen molar-refractivity contribution < 1.29 is 9.32 Å². The molecule has 1 aliphatic heterocycles. The van der Waals surface area contributed by atoms with Crippen LogP contribution < -0.4 is 16.0 Å². The molecule has 2 N–H and O–H groups in total. The molecule has 0 unspecified atom stereocenters. The third-order valence-electron chi connectivity index (χ3n) is 5.76. The van der Waals surface area contributed by atoms with Gasteiger partial charge in [-0.05, 0) is 54.7 Å². The molecule has 1 aliphatic rings. The number of nitrogens with zero attached hydrogens (tertiary/aromatic N) is 3. The molecule has 4 aromatic rings. The summed E-state index contributed by atoms with van der Waals surface area (Å²) < 4.78 is 4.67. The minimum atomic E-state index is -0.658.